The summed E-state index contributed by atoms with van der Waals surface area (Å²) in [5, 5.41) is 0. The third kappa shape index (κ3) is 2.63. The van der Waals surface area contributed by atoms with E-state index in [-0.39, 0.29) is 11.5 Å². The number of ether oxygens (including phenoxy) is 1. The minimum atomic E-state index is -0.743. The normalized spacial score (nSPS) is 13.6. The average molecular weight is 284 g/mol. The van der Waals surface area contributed by atoms with Crippen molar-refractivity contribution in [2.24, 2.45) is 0 Å². The summed E-state index contributed by atoms with van der Waals surface area (Å²) in [7, 11) is 0. The van der Waals surface area contributed by atoms with E-state index in [9.17, 15) is 14.4 Å². The summed E-state index contributed by atoms with van der Waals surface area (Å²) in [5.74, 6) is -0.642. The number of esters is 1. The van der Waals surface area contributed by atoms with Crippen molar-refractivity contribution >= 4 is 11.8 Å². The molecule has 1 aromatic carbocycles. The molecule has 106 valence electrons. The van der Waals surface area contributed by atoms with Crippen LogP contribution in [0.25, 0.3) is 0 Å². The summed E-state index contributed by atoms with van der Waals surface area (Å²) < 4.78 is 10.1. The Hall–Kier alpha value is -2.69. The zero-order valence-electron chi connectivity index (χ0n) is 11.1. The van der Waals surface area contributed by atoms with Gasteiger partial charge in [0, 0.05) is 18.9 Å². The fraction of sp³-hybridized carbons (Fsp3) is 0.188. The summed E-state index contributed by atoms with van der Waals surface area (Å²) in [6.07, 6.45) is 1.62. The van der Waals surface area contributed by atoms with E-state index < -0.39 is 11.6 Å². The van der Waals surface area contributed by atoms with Crippen LogP contribution < -0.4 is 10.4 Å². The van der Waals surface area contributed by atoms with Gasteiger partial charge >= 0.3 is 11.6 Å². The molecule has 0 atom stereocenters. The van der Waals surface area contributed by atoms with Crippen molar-refractivity contribution in [2.45, 2.75) is 19.3 Å². The molecule has 0 N–H and O–H groups in total. The molecule has 3 rings (SSSR count). The van der Waals surface area contributed by atoms with E-state index in [0.29, 0.717) is 36.1 Å². The molecule has 1 aromatic heterocycles. The molecule has 0 fully saturated rings. The Morgan fingerprint density at radius 3 is 2.62 bits per heavy atom. The number of rotatable bonds is 2. The quantitative estimate of drug-likeness (QED) is 0.791. The van der Waals surface area contributed by atoms with Gasteiger partial charge in [0.15, 0.2) is 5.78 Å². The van der Waals surface area contributed by atoms with Crippen molar-refractivity contribution in [1.82, 2.24) is 0 Å². The van der Waals surface area contributed by atoms with Crippen LogP contribution in [0.5, 0.6) is 5.75 Å². The zero-order valence-corrected chi connectivity index (χ0v) is 11.1. The van der Waals surface area contributed by atoms with Gasteiger partial charge in [0.2, 0.25) is 5.75 Å². The molecule has 0 unspecified atom stereocenters. The standard InChI is InChI=1S/C16H12O5/c17-12-7-4-8-13-11(12)9-14(16(19)20-13)21-15(18)10-5-2-1-3-6-10/h1-3,5-6,9H,4,7-8H2. The molecule has 1 aliphatic carbocycles. The number of aryl methyl sites for hydroxylation is 1. The Balaban J connectivity index is 1.93. The van der Waals surface area contributed by atoms with Gasteiger partial charge < -0.3 is 9.15 Å². The zero-order chi connectivity index (χ0) is 14.8. The molecule has 0 spiro atoms. The van der Waals surface area contributed by atoms with Crippen LogP contribution in [0.15, 0.2) is 45.6 Å². The van der Waals surface area contributed by atoms with Crippen LogP contribution in [0.4, 0.5) is 0 Å². The number of Topliss-reactive ketones (excluding diaryl/α,β-unsaturated/α-hetero) is 1. The van der Waals surface area contributed by atoms with Crippen LogP contribution in [-0.2, 0) is 6.42 Å². The first-order chi connectivity index (χ1) is 10.1. The minimum absolute atomic E-state index is 0.1000. The van der Waals surface area contributed by atoms with Crippen LogP contribution >= 0.6 is 0 Å². The molecular weight excluding hydrogens is 272 g/mol. The molecule has 2 aromatic rings. The van der Waals surface area contributed by atoms with Crippen molar-refractivity contribution in [3.63, 3.8) is 0 Å². The van der Waals surface area contributed by atoms with Crippen molar-refractivity contribution in [3.05, 3.63) is 63.7 Å². The molecule has 5 heteroatoms. The van der Waals surface area contributed by atoms with Crippen LogP contribution in [0.1, 0.15) is 39.3 Å². The second-order valence-corrected chi connectivity index (χ2v) is 4.77. The second-order valence-electron chi connectivity index (χ2n) is 4.77. The lowest BCUT2D eigenvalue weighted by molar-refractivity contribution is 0.0725. The maximum atomic E-state index is 11.9. The van der Waals surface area contributed by atoms with Gasteiger partial charge in [-0.25, -0.2) is 9.59 Å². The number of fused-ring (bicyclic) bond motifs is 1. The second kappa shape index (κ2) is 5.36. The predicted octanol–water partition coefficient (Wildman–Crippen LogP) is 2.38. The third-order valence-electron chi connectivity index (χ3n) is 3.31. The highest BCUT2D eigenvalue weighted by Gasteiger charge is 2.23. The monoisotopic (exact) mass is 284 g/mol. The summed E-state index contributed by atoms with van der Waals surface area (Å²) in [6.45, 7) is 0. The summed E-state index contributed by atoms with van der Waals surface area (Å²) in [4.78, 5) is 35.5. The van der Waals surface area contributed by atoms with Crippen molar-refractivity contribution in [1.29, 1.82) is 0 Å². The highest BCUT2D eigenvalue weighted by molar-refractivity contribution is 5.98. The van der Waals surface area contributed by atoms with E-state index in [2.05, 4.69) is 0 Å². The highest BCUT2D eigenvalue weighted by atomic mass is 16.5. The molecule has 0 saturated heterocycles. The first-order valence-electron chi connectivity index (χ1n) is 6.62. The lowest BCUT2D eigenvalue weighted by Crippen LogP contribution is -2.19. The topological polar surface area (TPSA) is 73.6 Å². The van der Waals surface area contributed by atoms with Gasteiger partial charge in [0.25, 0.3) is 0 Å². The Morgan fingerprint density at radius 2 is 1.86 bits per heavy atom. The van der Waals surface area contributed by atoms with Crippen molar-refractivity contribution < 1.29 is 18.7 Å². The molecule has 1 heterocycles. The summed E-state index contributed by atoms with van der Waals surface area (Å²) in [6, 6.07) is 9.61. The number of carbonyl (C=O) groups excluding carboxylic acids is 2. The molecule has 1 aliphatic rings. The van der Waals surface area contributed by atoms with Gasteiger partial charge in [-0.2, -0.15) is 0 Å². The van der Waals surface area contributed by atoms with Crippen molar-refractivity contribution in [3.8, 4) is 5.75 Å². The number of ketones is 1. The number of hydrogen-bond acceptors (Lipinski definition) is 5. The minimum Gasteiger partial charge on any atom is -0.424 e. The van der Waals surface area contributed by atoms with E-state index >= 15 is 0 Å². The fourth-order valence-electron chi connectivity index (χ4n) is 2.26. The Labute approximate surface area is 120 Å². The van der Waals surface area contributed by atoms with Gasteiger partial charge in [0.05, 0.1) is 11.1 Å². The molecule has 21 heavy (non-hydrogen) atoms. The first-order valence-corrected chi connectivity index (χ1v) is 6.62. The number of carbonyl (C=O) groups is 2. The highest BCUT2D eigenvalue weighted by Crippen LogP contribution is 2.23. The lowest BCUT2D eigenvalue weighted by Gasteiger charge is -2.13. The molecule has 0 aliphatic heterocycles. The molecule has 0 saturated carbocycles. The number of benzene rings is 1. The van der Waals surface area contributed by atoms with Gasteiger partial charge in [-0.3, -0.25) is 4.79 Å². The molecule has 5 nitrogen and oxygen atoms in total. The van der Waals surface area contributed by atoms with Crippen LogP contribution in [0, 0.1) is 0 Å². The molecule has 0 radical (unpaired) electrons. The van der Waals surface area contributed by atoms with Gasteiger partial charge in [-0.15, -0.1) is 0 Å². The summed E-state index contributed by atoms with van der Waals surface area (Å²) in [5.41, 5.74) is -0.0922. The first kappa shape index (κ1) is 13.3. The average Bonchev–Trinajstić information content (AvgIpc) is 2.50. The molecular formula is C16H12O5. The van der Waals surface area contributed by atoms with Crippen LogP contribution in [-0.4, -0.2) is 11.8 Å². The van der Waals surface area contributed by atoms with Crippen molar-refractivity contribution in [2.75, 3.05) is 0 Å². The van der Waals surface area contributed by atoms with Crippen LogP contribution in [0.3, 0.4) is 0 Å². The molecule has 0 amide bonds. The van der Waals surface area contributed by atoms with Gasteiger partial charge in [-0.1, -0.05) is 18.2 Å². The third-order valence-corrected chi connectivity index (χ3v) is 3.31. The van der Waals surface area contributed by atoms with E-state index in [1.165, 1.54) is 6.07 Å². The number of hydrogen-bond donors (Lipinski definition) is 0. The SMILES string of the molecule is O=C(Oc1cc2c(oc1=O)CCCC2=O)c1ccccc1. The van der Waals surface area contributed by atoms with E-state index in [0.717, 1.165) is 0 Å². The fourth-order valence-corrected chi connectivity index (χ4v) is 2.26. The Morgan fingerprint density at radius 1 is 1.10 bits per heavy atom. The smallest absolute Gasteiger partial charge is 0.379 e. The largest absolute Gasteiger partial charge is 0.424 e. The Kier molecular flexibility index (Phi) is 3.39. The van der Waals surface area contributed by atoms with E-state index in [1.807, 2.05) is 0 Å². The van der Waals surface area contributed by atoms with Gasteiger partial charge in [0.1, 0.15) is 5.76 Å². The lowest BCUT2D eigenvalue weighted by atomic mass is 9.96. The maximum Gasteiger partial charge on any atom is 0.379 e. The van der Waals surface area contributed by atoms with Crippen LogP contribution in [0.2, 0.25) is 0 Å². The molecule has 0 bridgehead atoms. The van der Waals surface area contributed by atoms with E-state index in [4.69, 9.17) is 9.15 Å². The Bertz CT molecular complexity index is 758. The van der Waals surface area contributed by atoms with E-state index in [1.54, 1.807) is 30.3 Å². The summed E-state index contributed by atoms with van der Waals surface area (Å²) >= 11 is 0. The predicted molar refractivity (Wildman–Crippen MR) is 73.6 cm³/mol. The maximum absolute atomic E-state index is 11.9. The van der Waals surface area contributed by atoms with Gasteiger partial charge in [-0.05, 0) is 18.6 Å².